The van der Waals surface area contributed by atoms with E-state index in [-0.39, 0.29) is 5.97 Å². The fraction of sp³-hybridized carbons (Fsp3) is 0.533. The first-order chi connectivity index (χ1) is 8.77. The van der Waals surface area contributed by atoms with Crippen LogP contribution < -0.4 is 5.73 Å². The van der Waals surface area contributed by atoms with Crippen LogP contribution in [0.15, 0.2) is 30.3 Å². The van der Waals surface area contributed by atoms with E-state index in [0.29, 0.717) is 12.5 Å². The second-order valence-corrected chi connectivity index (χ2v) is 5.02. The van der Waals surface area contributed by atoms with E-state index >= 15 is 0 Å². The van der Waals surface area contributed by atoms with Crippen LogP contribution in [-0.4, -0.2) is 12.0 Å². The standard InChI is InChI=1S/C15H21NO2/c16-14(13-9-5-2-6-10-13)15(17)18-11-12-7-3-1-4-8-12/h1,3-4,7-8,13-14H,2,5-6,9-11,16H2. The summed E-state index contributed by atoms with van der Waals surface area (Å²) in [6.07, 6.45) is 5.75. The van der Waals surface area contributed by atoms with Crippen molar-refractivity contribution in [3.05, 3.63) is 35.9 Å². The quantitative estimate of drug-likeness (QED) is 0.832. The van der Waals surface area contributed by atoms with Gasteiger partial charge >= 0.3 is 5.97 Å². The lowest BCUT2D eigenvalue weighted by molar-refractivity contribution is -0.148. The minimum Gasteiger partial charge on any atom is -0.460 e. The van der Waals surface area contributed by atoms with E-state index in [9.17, 15) is 4.79 Å². The highest BCUT2D eigenvalue weighted by Gasteiger charge is 2.27. The van der Waals surface area contributed by atoms with Crippen molar-refractivity contribution in [2.45, 2.75) is 44.8 Å². The Morgan fingerprint density at radius 3 is 2.56 bits per heavy atom. The van der Waals surface area contributed by atoms with Crippen molar-refractivity contribution in [3.8, 4) is 0 Å². The third-order valence-corrected chi connectivity index (χ3v) is 3.65. The van der Waals surface area contributed by atoms with Gasteiger partial charge in [0, 0.05) is 0 Å². The number of benzene rings is 1. The molecule has 0 amide bonds. The van der Waals surface area contributed by atoms with Crippen LogP contribution in [0.5, 0.6) is 0 Å². The molecule has 3 nitrogen and oxygen atoms in total. The number of carbonyl (C=O) groups is 1. The molecular formula is C15H21NO2. The molecule has 18 heavy (non-hydrogen) atoms. The Morgan fingerprint density at radius 1 is 1.22 bits per heavy atom. The van der Waals surface area contributed by atoms with Gasteiger partial charge in [0.2, 0.25) is 0 Å². The molecule has 0 bridgehead atoms. The second kappa shape index (κ2) is 6.55. The van der Waals surface area contributed by atoms with E-state index in [1.165, 1.54) is 19.3 Å². The normalized spacial score (nSPS) is 18.3. The molecule has 2 rings (SSSR count). The van der Waals surface area contributed by atoms with E-state index in [1.807, 2.05) is 30.3 Å². The highest BCUT2D eigenvalue weighted by atomic mass is 16.5. The van der Waals surface area contributed by atoms with Crippen molar-refractivity contribution in [1.29, 1.82) is 0 Å². The number of hydrogen-bond donors (Lipinski definition) is 1. The molecule has 0 saturated heterocycles. The zero-order chi connectivity index (χ0) is 12.8. The van der Waals surface area contributed by atoms with Gasteiger partial charge in [-0.15, -0.1) is 0 Å². The Bertz CT molecular complexity index is 371. The molecule has 1 saturated carbocycles. The Morgan fingerprint density at radius 2 is 1.89 bits per heavy atom. The largest absolute Gasteiger partial charge is 0.460 e. The van der Waals surface area contributed by atoms with Crippen molar-refractivity contribution in [2.75, 3.05) is 0 Å². The number of hydrogen-bond acceptors (Lipinski definition) is 3. The molecule has 0 spiro atoms. The third kappa shape index (κ3) is 3.57. The first-order valence-electron chi connectivity index (χ1n) is 6.73. The van der Waals surface area contributed by atoms with E-state index in [0.717, 1.165) is 18.4 Å². The van der Waals surface area contributed by atoms with E-state index in [2.05, 4.69) is 0 Å². The van der Waals surface area contributed by atoms with Crippen molar-refractivity contribution >= 4 is 5.97 Å². The molecule has 0 heterocycles. The maximum Gasteiger partial charge on any atom is 0.323 e. The summed E-state index contributed by atoms with van der Waals surface area (Å²) in [7, 11) is 0. The number of rotatable bonds is 4. The average molecular weight is 247 g/mol. The predicted molar refractivity (Wildman–Crippen MR) is 70.8 cm³/mol. The van der Waals surface area contributed by atoms with Gasteiger partial charge < -0.3 is 10.5 Å². The summed E-state index contributed by atoms with van der Waals surface area (Å²) in [5.74, 6) is 0.0489. The lowest BCUT2D eigenvalue weighted by Gasteiger charge is -2.25. The number of carbonyl (C=O) groups excluding carboxylic acids is 1. The van der Waals surface area contributed by atoms with Crippen LogP contribution in [0.4, 0.5) is 0 Å². The van der Waals surface area contributed by atoms with Gasteiger partial charge in [-0.3, -0.25) is 4.79 Å². The first kappa shape index (κ1) is 13.1. The van der Waals surface area contributed by atoms with Crippen LogP contribution in [0.2, 0.25) is 0 Å². The van der Waals surface area contributed by atoms with Crippen molar-refractivity contribution in [1.82, 2.24) is 0 Å². The van der Waals surface area contributed by atoms with Gasteiger partial charge in [0.05, 0.1) is 0 Å². The van der Waals surface area contributed by atoms with Crippen LogP contribution >= 0.6 is 0 Å². The molecule has 1 unspecified atom stereocenters. The Kier molecular flexibility index (Phi) is 4.76. The van der Waals surface area contributed by atoms with Crippen LogP contribution in [0, 0.1) is 5.92 Å². The third-order valence-electron chi connectivity index (χ3n) is 3.65. The maximum atomic E-state index is 11.9. The summed E-state index contributed by atoms with van der Waals surface area (Å²) in [6, 6.07) is 9.25. The molecule has 1 aromatic rings. The maximum absolute atomic E-state index is 11.9. The zero-order valence-electron chi connectivity index (χ0n) is 10.7. The monoisotopic (exact) mass is 247 g/mol. The zero-order valence-corrected chi connectivity index (χ0v) is 10.7. The van der Waals surface area contributed by atoms with Gasteiger partial charge in [0.15, 0.2) is 0 Å². The van der Waals surface area contributed by atoms with E-state index in [4.69, 9.17) is 10.5 Å². The van der Waals surface area contributed by atoms with Gasteiger partial charge in [-0.05, 0) is 24.3 Å². The number of ether oxygens (including phenoxy) is 1. The summed E-state index contributed by atoms with van der Waals surface area (Å²) < 4.78 is 5.28. The van der Waals surface area contributed by atoms with E-state index < -0.39 is 6.04 Å². The van der Waals surface area contributed by atoms with Crippen LogP contribution in [0.3, 0.4) is 0 Å². The molecule has 1 atom stereocenters. The molecule has 1 aliphatic rings. The topological polar surface area (TPSA) is 52.3 Å². The molecule has 2 N–H and O–H groups in total. The fourth-order valence-corrected chi connectivity index (χ4v) is 2.51. The van der Waals surface area contributed by atoms with Gasteiger partial charge in [-0.2, -0.15) is 0 Å². The lowest BCUT2D eigenvalue weighted by atomic mass is 9.84. The summed E-state index contributed by atoms with van der Waals surface area (Å²) in [5, 5.41) is 0. The highest BCUT2D eigenvalue weighted by molar-refractivity contribution is 5.75. The smallest absolute Gasteiger partial charge is 0.323 e. The summed E-state index contributed by atoms with van der Waals surface area (Å²) in [4.78, 5) is 11.9. The average Bonchev–Trinajstić information content (AvgIpc) is 2.46. The molecule has 0 aliphatic heterocycles. The Balaban J connectivity index is 1.80. The van der Waals surface area contributed by atoms with Gasteiger partial charge in [-0.25, -0.2) is 0 Å². The summed E-state index contributed by atoms with van der Waals surface area (Å²) in [5.41, 5.74) is 6.98. The second-order valence-electron chi connectivity index (χ2n) is 5.02. The Hall–Kier alpha value is -1.35. The van der Waals surface area contributed by atoms with Gasteiger partial charge in [0.1, 0.15) is 12.6 Å². The molecule has 1 fully saturated rings. The summed E-state index contributed by atoms with van der Waals surface area (Å²) >= 11 is 0. The molecular weight excluding hydrogens is 226 g/mol. The molecule has 0 radical (unpaired) electrons. The fourth-order valence-electron chi connectivity index (χ4n) is 2.51. The molecule has 3 heteroatoms. The molecule has 0 aromatic heterocycles. The first-order valence-corrected chi connectivity index (χ1v) is 6.73. The van der Waals surface area contributed by atoms with Gasteiger partial charge in [0.25, 0.3) is 0 Å². The molecule has 98 valence electrons. The summed E-state index contributed by atoms with van der Waals surface area (Å²) in [6.45, 7) is 0.320. The minimum absolute atomic E-state index is 0.259. The van der Waals surface area contributed by atoms with Crippen LogP contribution in [0.1, 0.15) is 37.7 Å². The number of nitrogens with two attached hydrogens (primary N) is 1. The highest BCUT2D eigenvalue weighted by Crippen LogP contribution is 2.26. The van der Waals surface area contributed by atoms with E-state index in [1.54, 1.807) is 0 Å². The van der Waals surface area contributed by atoms with Gasteiger partial charge in [-0.1, -0.05) is 49.6 Å². The van der Waals surface area contributed by atoms with Crippen molar-refractivity contribution in [2.24, 2.45) is 11.7 Å². The van der Waals surface area contributed by atoms with Crippen molar-refractivity contribution in [3.63, 3.8) is 0 Å². The van der Waals surface area contributed by atoms with Crippen LogP contribution in [-0.2, 0) is 16.1 Å². The SMILES string of the molecule is NC(C(=O)OCc1ccccc1)C1CCCCC1. The predicted octanol–water partition coefficient (Wildman–Crippen LogP) is 2.64. The Labute approximate surface area is 108 Å². The number of esters is 1. The minimum atomic E-state index is -0.450. The lowest BCUT2D eigenvalue weighted by Crippen LogP contribution is -2.40. The van der Waals surface area contributed by atoms with Crippen molar-refractivity contribution < 1.29 is 9.53 Å². The molecule has 1 aromatic carbocycles. The van der Waals surface area contributed by atoms with Crippen LogP contribution in [0.25, 0.3) is 0 Å². The molecule has 1 aliphatic carbocycles.